The van der Waals surface area contributed by atoms with Gasteiger partial charge in [0.2, 0.25) is 5.91 Å². The van der Waals surface area contributed by atoms with Crippen molar-refractivity contribution in [3.05, 3.63) is 65.3 Å². The van der Waals surface area contributed by atoms with Crippen molar-refractivity contribution in [2.24, 2.45) is 0 Å². The third kappa shape index (κ3) is 3.15. The summed E-state index contributed by atoms with van der Waals surface area (Å²) in [6.07, 6.45) is 2.91. The van der Waals surface area contributed by atoms with Gasteiger partial charge in [0.15, 0.2) is 5.65 Å². The van der Waals surface area contributed by atoms with Crippen LogP contribution in [0, 0.1) is 0 Å². The van der Waals surface area contributed by atoms with E-state index in [1.165, 1.54) is 17.1 Å². The second-order valence-corrected chi connectivity index (χ2v) is 7.72. The monoisotopic (exact) mass is 375 g/mol. The molecule has 7 heteroatoms. The van der Waals surface area contributed by atoms with Gasteiger partial charge in [-0.1, -0.05) is 36.4 Å². The first-order valence-electron chi connectivity index (χ1n) is 9.06. The number of rotatable bonds is 3. The topological polar surface area (TPSA) is 81.8 Å². The highest BCUT2D eigenvalue weighted by Crippen LogP contribution is 2.23. The zero-order valence-corrected chi connectivity index (χ0v) is 16.0. The highest BCUT2D eigenvalue weighted by atomic mass is 16.2. The zero-order chi connectivity index (χ0) is 19.9. The Morgan fingerprint density at radius 3 is 2.61 bits per heavy atom. The first-order chi connectivity index (χ1) is 13.3. The van der Waals surface area contributed by atoms with Crippen molar-refractivity contribution in [2.45, 2.75) is 32.9 Å². The molecule has 4 rings (SSSR count). The van der Waals surface area contributed by atoms with Gasteiger partial charge < -0.3 is 5.32 Å². The molecule has 4 aromatic rings. The van der Waals surface area contributed by atoms with Crippen molar-refractivity contribution < 1.29 is 4.79 Å². The summed E-state index contributed by atoms with van der Waals surface area (Å²) in [4.78, 5) is 29.7. The Balaban J connectivity index is 1.62. The lowest BCUT2D eigenvalue weighted by atomic mass is 10.1. The minimum atomic E-state index is -0.293. The third-order valence-electron chi connectivity index (χ3n) is 4.57. The molecule has 0 radical (unpaired) electrons. The largest absolute Gasteiger partial charge is 0.324 e. The summed E-state index contributed by atoms with van der Waals surface area (Å²) in [7, 11) is 0. The molecule has 7 nitrogen and oxygen atoms in total. The summed E-state index contributed by atoms with van der Waals surface area (Å²) in [6, 6.07) is 13.5. The number of hydrogen-bond donors (Lipinski definition) is 1. The Morgan fingerprint density at radius 1 is 1.07 bits per heavy atom. The van der Waals surface area contributed by atoms with Crippen LogP contribution in [0.4, 0.5) is 5.69 Å². The molecule has 0 atom stereocenters. The van der Waals surface area contributed by atoms with Crippen molar-refractivity contribution in [1.82, 2.24) is 19.3 Å². The van der Waals surface area contributed by atoms with Crippen LogP contribution in [0.2, 0.25) is 0 Å². The van der Waals surface area contributed by atoms with Crippen molar-refractivity contribution in [2.75, 3.05) is 5.32 Å². The number of fused-ring (bicyclic) bond motifs is 2. The summed E-state index contributed by atoms with van der Waals surface area (Å²) >= 11 is 0. The maximum absolute atomic E-state index is 12.8. The maximum atomic E-state index is 12.8. The van der Waals surface area contributed by atoms with Crippen LogP contribution in [-0.4, -0.2) is 25.2 Å². The first-order valence-corrected chi connectivity index (χ1v) is 9.06. The van der Waals surface area contributed by atoms with Gasteiger partial charge >= 0.3 is 0 Å². The molecule has 2 aromatic heterocycles. The molecule has 0 saturated heterocycles. The molecule has 2 heterocycles. The number of carbonyl (C=O) groups excluding carboxylic acids is 1. The second-order valence-electron chi connectivity index (χ2n) is 7.72. The van der Waals surface area contributed by atoms with Gasteiger partial charge in [-0.25, -0.2) is 9.67 Å². The fourth-order valence-corrected chi connectivity index (χ4v) is 3.23. The van der Waals surface area contributed by atoms with Crippen LogP contribution in [-0.2, 0) is 16.9 Å². The van der Waals surface area contributed by atoms with Crippen LogP contribution in [0.1, 0.15) is 20.8 Å². The standard InChI is InChI=1S/C21H21N5O2/c1-21(2,3)26-19-16(11-23-26)20(28)25(13-22-19)12-18(27)24-17-10-6-8-14-7-4-5-9-15(14)17/h4-11,13H,12H2,1-3H3,(H,24,27). The van der Waals surface area contributed by atoms with E-state index in [4.69, 9.17) is 0 Å². The van der Waals surface area contributed by atoms with Gasteiger partial charge in [-0.2, -0.15) is 5.10 Å². The predicted molar refractivity (Wildman–Crippen MR) is 109 cm³/mol. The van der Waals surface area contributed by atoms with E-state index in [0.29, 0.717) is 16.7 Å². The first kappa shape index (κ1) is 17.9. The minimum absolute atomic E-state index is 0.119. The van der Waals surface area contributed by atoms with Gasteiger partial charge in [0.25, 0.3) is 5.56 Å². The number of benzene rings is 2. The van der Waals surface area contributed by atoms with Crippen LogP contribution in [0.3, 0.4) is 0 Å². The SMILES string of the molecule is CC(C)(C)n1ncc2c(=O)n(CC(=O)Nc3cccc4ccccc34)cnc21. The molecular weight excluding hydrogens is 354 g/mol. The average molecular weight is 375 g/mol. The van der Waals surface area contributed by atoms with Crippen molar-refractivity contribution in [1.29, 1.82) is 0 Å². The molecule has 0 fully saturated rings. The molecule has 0 saturated carbocycles. The lowest BCUT2D eigenvalue weighted by Crippen LogP contribution is -2.29. The second kappa shape index (κ2) is 6.60. The van der Waals surface area contributed by atoms with Gasteiger partial charge in [-0.15, -0.1) is 0 Å². The highest BCUT2D eigenvalue weighted by Gasteiger charge is 2.20. The number of nitrogens with one attached hydrogen (secondary N) is 1. The summed E-state index contributed by atoms with van der Waals surface area (Å²) in [5, 5.41) is 9.57. The smallest absolute Gasteiger partial charge is 0.264 e. The molecule has 0 bridgehead atoms. The Kier molecular flexibility index (Phi) is 4.22. The van der Waals surface area contributed by atoms with E-state index in [1.54, 1.807) is 4.68 Å². The summed E-state index contributed by atoms with van der Waals surface area (Å²) in [5.41, 5.74) is 0.654. The third-order valence-corrected chi connectivity index (χ3v) is 4.57. The minimum Gasteiger partial charge on any atom is -0.324 e. The Bertz CT molecular complexity index is 1240. The lowest BCUT2D eigenvalue weighted by Gasteiger charge is -2.19. The van der Waals surface area contributed by atoms with E-state index in [1.807, 2.05) is 63.2 Å². The molecule has 0 aliphatic heterocycles. The van der Waals surface area contributed by atoms with Crippen LogP contribution in [0.15, 0.2) is 59.8 Å². The number of amides is 1. The van der Waals surface area contributed by atoms with E-state index in [9.17, 15) is 9.59 Å². The fourth-order valence-electron chi connectivity index (χ4n) is 3.23. The Labute approximate surface area is 161 Å². The quantitative estimate of drug-likeness (QED) is 0.596. The summed E-state index contributed by atoms with van der Waals surface area (Å²) in [5.74, 6) is -0.289. The number of hydrogen-bond acceptors (Lipinski definition) is 4. The summed E-state index contributed by atoms with van der Waals surface area (Å²) in [6.45, 7) is 5.85. The normalized spacial score (nSPS) is 11.8. The number of nitrogens with zero attached hydrogens (tertiary/aromatic N) is 4. The van der Waals surface area contributed by atoms with Crippen LogP contribution < -0.4 is 10.9 Å². The van der Waals surface area contributed by atoms with Gasteiger partial charge in [-0.3, -0.25) is 14.2 Å². The molecular formula is C21H21N5O2. The van der Waals surface area contributed by atoms with Crippen molar-refractivity contribution in [3.63, 3.8) is 0 Å². The molecule has 1 amide bonds. The van der Waals surface area contributed by atoms with Gasteiger partial charge in [0.1, 0.15) is 18.3 Å². The molecule has 28 heavy (non-hydrogen) atoms. The predicted octanol–water partition coefficient (Wildman–Crippen LogP) is 3.14. The molecule has 0 aliphatic rings. The van der Waals surface area contributed by atoms with Gasteiger partial charge in [-0.05, 0) is 32.2 Å². The Hall–Kier alpha value is -3.48. The number of anilines is 1. The molecule has 0 spiro atoms. The number of carbonyl (C=O) groups is 1. The van der Waals surface area contributed by atoms with E-state index in [-0.39, 0.29) is 23.6 Å². The highest BCUT2D eigenvalue weighted by molar-refractivity contribution is 6.02. The van der Waals surface area contributed by atoms with Crippen molar-refractivity contribution in [3.8, 4) is 0 Å². The van der Waals surface area contributed by atoms with E-state index in [0.717, 1.165) is 10.8 Å². The van der Waals surface area contributed by atoms with E-state index in [2.05, 4.69) is 15.4 Å². The van der Waals surface area contributed by atoms with E-state index >= 15 is 0 Å². The maximum Gasteiger partial charge on any atom is 0.264 e. The molecule has 1 N–H and O–H groups in total. The van der Waals surface area contributed by atoms with Crippen LogP contribution in [0.5, 0.6) is 0 Å². The van der Waals surface area contributed by atoms with Gasteiger partial charge in [0, 0.05) is 11.1 Å². The Morgan fingerprint density at radius 2 is 1.82 bits per heavy atom. The summed E-state index contributed by atoms with van der Waals surface area (Å²) < 4.78 is 3.02. The zero-order valence-electron chi connectivity index (χ0n) is 16.0. The van der Waals surface area contributed by atoms with E-state index < -0.39 is 0 Å². The molecule has 0 aliphatic carbocycles. The van der Waals surface area contributed by atoms with Gasteiger partial charge in [0.05, 0.1) is 11.7 Å². The number of aromatic nitrogens is 4. The fraction of sp³-hybridized carbons (Fsp3) is 0.238. The van der Waals surface area contributed by atoms with Crippen LogP contribution in [0.25, 0.3) is 21.8 Å². The molecule has 0 unspecified atom stereocenters. The molecule has 142 valence electrons. The average Bonchev–Trinajstić information content (AvgIpc) is 3.10. The van der Waals surface area contributed by atoms with Crippen LogP contribution >= 0.6 is 0 Å². The molecule has 2 aromatic carbocycles. The lowest BCUT2D eigenvalue weighted by molar-refractivity contribution is -0.116. The van der Waals surface area contributed by atoms with Crippen molar-refractivity contribution >= 4 is 33.4 Å².